The van der Waals surface area contributed by atoms with Crippen LogP contribution < -0.4 is 11.3 Å². The molecule has 240 valence electrons. The molecule has 0 spiro atoms. The maximum atomic E-state index is 15.9. The number of ether oxygens (including phenoxy) is 1. The zero-order valence-corrected chi connectivity index (χ0v) is 26.0. The number of halogens is 1. The molecule has 3 fully saturated rings. The van der Waals surface area contributed by atoms with Gasteiger partial charge in [-0.1, -0.05) is 6.58 Å². The Kier molecular flexibility index (Phi) is 7.04. The molecule has 8 rings (SSSR count). The van der Waals surface area contributed by atoms with E-state index in [1.807, 2.05) is 0 Å². The highest BCUT2D eigenvalue weighted by Crippen LogP contribution is 2.56. The SMILES string of the molecule is C=C1OP(O)(=S)OC[C@H]2O[C@@H](n3cnc4c(=O)n5ccnc5[nH]c43)[C@H](O[P+](=O)OCC3C[C@@H](n4cnc5c(N)ncnc54)[C@H]13)[C@@H]2F. The maximum Gasteiger partial charge on any atom is 0.697 e. The van der Waals surface area contributed by atoms with Crippen molar-refractivity contribution in [1.29, 1.82) is 0 Å². The predicted molar refractivity (Wildman–Crippen MR) is 159 cm³/mol. The highest BCUT2D eigenvalue weighted by molar-refractivity contribution is 8.07. The number of aromatic nitrogens is 9. The molecule has 2 bridgehead atoms. The van der Waals surface area contributed by atoms with Gasteiger partial charge in [-0.15, -0.1) is 9.05 Å². The van der Waals surface area contributed by atoms with Crippen LogP contribution in [-0.4, -0.2) is 79.9 Å². The topological polar surface area (TPSA) is 221 Å². The minimum Gasteiger partial charge on any atom is -0.429 e. The zero-order chi connectivity index (χ0) is 31.9. The number of nitrogens with two attached hydrogens (primary N) is 1. The van der Waals surface area contributed by atoms with E-state index in [-0.39, 0.29) is 47.1 Å². The predicted octanol–water partition coefficient (Wildman–Crippen LogP) is 2.04. The van der Waals surface area contributed by atoms with Crippen molar-refractivity contribution in [2.24, 2.45) is 11.8 Å². The molecule has 2 saturated heterocycles. The van der Waals surface area contributed by atoms with Crippen LogP contribution >= 0.6 is 15.0 Å². The lowest BCUT2D eigenvalue weighted by atomic mass is 9.68. The fourth-order valence-electron chi connectivity index (χ4n) is 6.24. The Morgan fingerprint density at radius 3 is 2.83 bits per heavy atom. The molecule has 1 saturated carbocycles. The number of H-pyrrole nitrogens is 1. The van der Waals surface area contributed by atoms with Gasteiger partial charge in [-0.2, -0.15) is 0 Å². The standard InChI is InChI=1S/C24H23FN10O8P2S/c1-10-14-11(4-12(14)34-8-30-16-19(26)28-7-29-20(16)34)5-39-44(37)42-18-15(25)13(6-40-45(38,46)43-10)41-23(18)35-9-31-17-21(35)32-24-27-2-3-33(24)22(17)36/h2-3,7-9,11-15,18,23H,1,4-6H2,(H3-,26,27,28,29,32,36,38,46)/p+1/t11?,12-,13-,14-,15-,18-,23-,45?/m1/s1. The molecule has 1 aliphatic carbocycles. The molecule has 9 atom stereocenters. The van der Waals surface area contributed by atoms with Crippen LogP contribution in [0.25, 0.3) is 28.1 Å². The van der Waals surface area contributed by atoms with E-state index in [4.69, 9.17) is 40.4 Å². The summed E-state index contributed by atoms with van der Waals surface area (Å²) >= 11 is 5.26. The zero-order valence-electron chi connectivity index (χ0n) is 23.4. The van der Waals surface area contributed by atoms with Gasteiger partial charge in [-0.25, -0.2) is 33.7 Å². The van der Waals surface area contributed by atoms with E-state index in [0.29, 0.717) is 17.6 Å². The summed E-state index contributed by atoms with van der Waals surface area (Å²) in [5, 5.41) is 0. The van der Waals surface area contributed by atoms with Gasteiger partial charge in [0.05, 0.1) is 19.3 Å². The third-order valence-corrected chi connectivity index (χ3v) is 10.7. The molecule has 5 aromatic heterocycles. The number of rotatable bonds is 2. The molecule has 3 aliphatic rings. The number of hydrogen-bond donors (Lipinski definition) is 3. The Bertz CT molecular complexity index is 2150. The number of anilines is 1. The maximum absolute atomic E-state index is 15.9. The van der Waals surface area contributed by atoms with Gasteiger partial charge < -0.3 is 29.4 Å². The molecule has 5 aromatic rings. The van der Waals surface area contributed by atoms with E-state index < -0.39 is 57.7 Å². The number of allylic oxidation sites excluding steroid dienone is 1. The Morgan fingerprint density at radius 2 is 1.98 bits per heavy atom. The minimum atomic E-state index is -4.03. The average Bonchev–Trinajstić information content (AvgIpc) is 3.78. The van der Waals surface area contributed by atoms with Gasteiger partial charge in [0.25, 0.3) is 5.56 Å². The van der Waals surface area contributed by atoms with Gasteiger partial charge in [0.2, 0.25) is 5.78 Å². The molecule has 2 aliphatic heterocycles. The summed E-state index contributed by atoms with van der Waals surface area (Å²) in [4.78, 5) is 47.7. The lowest BCUT2D eigenvalue weighted by Gasteiger charge is -2.45. The van der Waals surface area contributed by atoms with Gasteiger partial charge in [0.15, 0.2) is 35.5 Å². The van der Waals surface area contributed by atoms with Crippen molar-refractivity contribution in [3.8, 4) is 0 Å². The molecule has 22 heteroatoms. The number of nitrogens with one attached hydrogen (secondary N) is 1. The molecule has 4 N–H and O–H groups in total. The second kappa shape index (κ2) is 10.9. The number of hydrogen-bond acceptors (Lipinski definition) is 14. The Labute approximate surface area is 262 Å². The van der Waals surface area contributed by atoms with Crippen molar-refractivity contribution in [3.05, 3.63) is 54.1 Å². The second-order valence-corrected chi connectivity index (χ2v) is 14.7. The number of aromatic amines is 1. The first-order valence-corrected chi connectivity index (χ1v) is 17.6. The minimum absolute atomic E-state index is 0.0256. The van der Waals surface area contributed by atoms with E-state index in [2.05, 4.69) is 36.5 Å². The monoisotopic (exact) mass is 693 g/mol. The number of alkyl halides is 1. The van der Waals surface area contributed by atoms with E-state index in [1.54, 1.807) is 10.9 Å². The first-order valence-electron chi connectivity index (χ1n) is 13.9. The lowest BCUT2D eigenvalue weighted by Crippen LogP contribution is -2.42. The van der Waals surface area contributed by atoms with Gasteiger partial charge in [0, 0.05) is 46.6 Å². The summed E-state index contributed by atoms with van der Waals surface area (Å²) in [7, 11) is -2.88. The molecule has 0 aromatic carbocycles. The van der Waals surface area contributed by atoms with Crippen LogP contribution in [0.1, 0.15) is 18.7 Å². The summed E-state index contributed by atoms with van der Waals surface area (Å²) < 4.78 is 61.9. The van der Waals surface area contributed by atoms with E-state index >= 15 is 4.39 Å². The van der Waals surface area contributed by atoms with Crippen molar-refractivity contribution in [2.45, 2.75) is 37.1 Å². The van der Waals surface area contributed by atoms with E-state index in [1.165, 1.54) is 34.0 Å². The van der Waals surface area contributed by atoms with Gasteiger partial charge in [-0.05, 0) is 6.42 Å². The molecular weight excluding hydrogens is 669 g/mol. The number of nitrogen functional groups attached to an aromatic ring is 1. The quantitative estimate of drug-likeness (QED) is 0.225. The first kappa shape index (κ1) is 29.6. The summed E-state index contributed by atoms with van der Waals surface area (Å²) in [5.41, 5.74) is 6.58. The van der Waals surface area contributed by atoms with Crippen LogP contribution in [0.5, 0.6) is 0 Å². The highest BCUT2D eigenvalue weighted by Gasteiger charge is 2.54. The molecule has 7 heterocycles. The fraction of sp³-hybridized carbons (Fsp3) is 0.417. The van der Waals surface area contributed by atoms with Crippen molar-refractivity contribution in [2.75, 3.05) is 18.9 Å². The Balaban J connectivity index is 1.10. The van der Waals surface area contributed by atoms with Crippen LogP contribution in [0.4, 0.5) is 10.2 Å². The van der Waals surface area contributed by atoms with Crippen LogP contribution in [0.2, 0.25) is 0 Å². The van der Waals surface area contributed by atoms with Gasteiger partial charge in [-0.3, -0.25) is 13.9 Å². The van der Waals surface area contributed by atoms with E-state index in [0.717, 1.165) is 0 Å². The third-order valence-electron chi connectivity index (χ3n) is 8.44. The van der Waals surface area contributed by atoms with Gasteiger partial charge >= 0.3 is 15.0 Å². The summed E-state index contributed by atoms with van der Waals surface area (Å²) in [6.07, 6.45) is 1.44. The summed E-state index contributed by atoms with van der Waals surface area (Å²) in [5.74, 6) is -0.332. The molecule has 0 amide bonds. The van der Waals surface area contributed by atoms with Gasteiger partial charge in [0.1, 0.15) is 36.0 Å². The van der Waals surface area contributed by atoms with Crippen molar-refractivity contribution in [3.63, 3.8) is 0 Å². The van der Waals surface area contributed by atoms with Crippen LogP contribution in [0.3, 0.4) is 0 Å². The van der Waals surface area contributed by atoms with E-state index in [9.17, 15) is 14.3 Å². The molecule has 0 radical (unpaired) electrons. The largest absolute Gasteiger partial charge is 0.697 e. The third kappa shape index (κ3) is 4.75. The van der Waals surface area contributed by atoms with Crippen molar-refractivity contribution < 1.29 is 36.7 Å². The number of fused-ring (bicyclic) bond motifs is 6. The van der Waals surface area contributed by atoms with Crippen LogP contribution in [0, 0.1) is 11.8 Å². The van der Waals surface area contributed by atoms with Crippen LogP contribution in [-0.2, 0) is 39.2 Å². The van der Waals surface area contributed by atoms with Crippen molar-refractivity contribution in [1.82, 2.24) is 43.4 Å². The lowest BCUT2D eigenvalue weighted by molar-refractivity contribution is -0.0442. The second-order valence-electron chi connectivity index (χ2n) is 11.0. The molecular formula is C24H24FN10O8P2S+. The fourth-order valence-corrected chi connectivity index (χ4v) is 8.31. The molecule has 46 heavy (non-hydrogen) atoms. The molecule has 3 unspecified atom stereocenters. The summed E-state index contributed by atoms with van der Waals surface area (Å²) in [6.45, 7) is -0.681. The smallest absolute Gasteiger partial charge is 0.429 e. The highest BCUT2D eigenvalue weighted by atomic mass is 32.5. The first-order chi connectivity index (χ1) is 22.1. The average molecular weight is 694 g/mol. The number of nitrogens with zero attached hydrogens (tertiary/aromatic N) is 8. The van der Waals surface area contributed by atoms with Crippen LogP contribution in [0.15, 0.2) is 48.5 Å². The molecule has 18 nitrogen and oxygen atoms in total. The Hall–Kier alpha value is -3.74. The Morgan fingerprint density at radius 1 is 1.17 bits per heavy atom. The summed E-state index contributed by atoms with van der Waals surface area (Å²) in [6, 6.07) is -0.320. The number of imidazole rings is 3. The normalized spacial score (nSPS) is 33.1. The van der Waals surface area contributed by atoms with Crippen molar-refractivity contribution >= 4 is 60.7 Å².